The highest BCUT2D eigenvalue weighted by molar-refractivity contribution is 8.00. The molecule has 0 aromatic heterocycles. The molecule has 0 saturated heterocycles. The van der Waals surface area contributed by atoms with Crippen molar-refractivity contribution in [1.29, 1.82) is 0 Å². The number of benzene rings is 1. The molecule has 0 amide bonds. The maximum absolute atomic E-state index is 12.0. The van der Waals surface area contributed by atoms with Crippen molar-refractivity contribution < 1.29 is 23.1 Å². The lowest BCUT2D eigenvalue weighted by Crippen LogP contribution is -2.19. The molecule has 0 fully saturated rings. The molecule has 1 aromatic carbocycles. The summed E-state index contributed by atoms with van der Waals surface area (Å²) < 4.78 is 41.1. The maximum atomic E-state index is 12.0. The summed E-state index contributed by atoms with van der Waals surface area (Å²) in [6.45, 7) is 0.509. The number of nitrogens with zero attached hydrogens (tertiary/aromatic N) is 1. The Labute approximate surface area is 124 Å². The fraction of sp³-hybridized carbons (Fsp3) is 0.417. The first-order valence-corrected chi connectivity index (χ1v) is 6.92. The number of ether oxygens (including phenoxy) is 1. The lowest BCUT2D eigenvalue weighted by Gasteiger charge is -2.11. The van der Waals surface area contributed by atoms with Crippen LogP contribution in [0.3, 0.4) is 0 Å². The Bertz CT molecular complexity index is 495. The highest BCUT2D eigenvalue weighted by Crippen LogP contribution is 2.29. The van der Waals surface area contributed by atoms with Gasteiger partial charge in [-0.15, -0.1) is 0 Å². The number of nitrogens with one attached hydrogen (secondary N) is 1. The van der Waals surface area contributed by atoms with E-state index in [4.69, 9.17) is 15.7 Å². The van der Waals surface area contributed by atoms with Crippen LogP contribution >= 0.6 is 11.8 Å². The third-order valence-corrected chi connectivity index (χ3v) is 3.28. The smallest absolute Gasteiger partial charge is 0.441 e. The summed E-state index contributed by atoms with van der Waals surface area (Å²) in [4.78, 5) is 0. The number of nitrogens with two attached hydrogens (primary N) is 1. The largest absolute Gasteiger partial charge is 0.496 e. The van der Waals surface area contributed by atoms with Crippen LogP contribution in [0.25, 0.3) is 0 Å². The zero-order valence-corrected chi connectivity index (χ0v) is 12.1. The van der Waals surface area contributed by atoms with Crippen LogP contribution in [0.4, 0.5) is 13.2 Å². The van der Waals surface area contributed by atoms with Gasteiger partial charge in [0.15, 0.2) is 5.84 Å². The zero-order valence-electron chi connectivity index (χ0n) is 11.3. The molecule has 118 valence electrons. The maximum Gasteiger partial charge on any atom is 0.441 e. The summed E-state index contributed by atoms with van der Waals surface area (Å²) >= 11 is -0.0756. The van der Waals surface area contributed by atoms with E-state index in [9.17, 15) is 13.2 Å². The molecule has 0 aliphatic carbocycles. The number of thioether (sulfide) groups is 1. The topological polar surface area (TPSA) is 79.9 Å². The molecule has 5 nitrogen and oxygen atoms in total. The van der Waals surface area contributed by atoms with Crippen LogP contribution in [-0.4, -0.2) is 36.0 Å². The zero-order chi connectivity index (χ0) is 15.9. The Hall–Kier alpha value is -1.61. The summed E-state index contributed by atoms with van der Waals surface area (Å²) in [5.41, 5.74) is 2.48. The predicted octanol–water partition coefficient (Wildman–Crippen LogP) is 2.13. The van der Waals surface area contributed by atoms with Crippen molar-refractivity contribution in [3.05, 3.63) is 29.3 Å². The van der Waals surface area contributed by atoms with E-state index in [2.05, 4.69) is 10.5 Å². The quantitative estimate of drug-likeness (QED) is 0.235. The molecule has 0 unspecified atom stereocenters. The van der Waals surface area contributed by atoms with E-state index >= 15 is 0 Å². The Morgan fingerprint density at radius 3 is 2.76 bits per heavy atom. The van der Waals surface area contributed by atoms with Gasteiger partial charge in [0.05, 0.1) is 7.11 Å². The van der Waals surface area contributed by atoms with Crippen LogP contribution in [0.1, 0.15) is 11.1 Å². The number of alkyl halides is 3. The number of methoxy groups -OCH3 is 1. The van der Waals surface area contributed by atoms with Crippen LogP contribution < -0.4 is 15.8 Å². The van der Waals surface area contributed by atoms with Gasteiger partial charge in [0.25, 0.3) is 0 Å². The average Bonchev–Trinajstić information content (AvgIpc) is 2.44. The molecule has 0 heterocycles. The van der Waals surface area contributed by atoms with Crippen molar-refractivity contribution in [2.45, 2.75) is 12.1 Å². The third kappa shape index (κ3) is 6.13. The summed E-state index contributed by atoms with van der Waals surface area (Å²) in [7, 11) is 1.49. The highest BCUT2D eigenvalue weighted by atomic mass is 32.2. The fourth-order valence-corrected chi connectivity index (χ4v) is 2.07. The Morgan fingerprint density at radius 1 is 1.48 bits per heavy atom. The van der Waals surface area contributed by atoms with Gasteiger partial charge in [0.2, 0.25) is 0 Å². The van der Waals surface area contributed by atoms with Gasteiger partial charge in [-0.25, -0.2) is 0 Å². The Balaban J connectivity index is 2.60. The van der Waals surface area contributed by atoms with Crippen LogP contribution in [0.2, 0.25) is 0 Å². The number of oxime groups is 1. The van der Waals surface area contributed by atoms with E-state index in [0.29, 0.717) is 23.4 Å². The van der Waals surface area contributed by atoms with Gasteiger partial charge < -0.3 is 21.0 Å². The standard InChI is InChI=1S/C12H16F3N3O2S/c1-20-10-3-2-8(11(16)18-19)6-9(10)7-17-4-5-21-12(13,14)15/h2-3,6,17,19H,4-5,7H2,1H3,(H2,16,18). The molecular formula is C12H16F3N3O2S. The molecule has 0 radical (unpaired) electrons. The lowest BCUT2D eigenvalue weighted by molar-refractivity contribution is -0.0327. The summed E-state index contributed by atoms with van der Waals surface area (Å²) in [6, 6.07) is 4.92. The van der Waals surface area contributed by atoms with Gasteiger partial charge in [-0.3, -0.25) is 0 Å². The Morgan fingerprint density at radius 2 is 2.19 bits per heavy atom. The van der Waals surface area contributed by atoms with Gasteiger partial charge in [0.1, 0.15) is 5.75 Å². The number of amidine groups is 1. The molecule has 0 aliphatic heterocycles. The first-order chi connectivity index (χ1) is 9.87. The molecule has 1 aromatic rings. The monoisotopic (exact) mass is 323 g/mol. The lowest BCUT2D eigenvalue weighted by atomic mass is 10.1. The molecule has 0 spiro atoms. The van der Waals surface area contributed by atoms with Crippen LogP contribution in [0.15, 0.2) is 23.4 Å². The molecule has 1 rings (SSSR count). The third-order valence-electron chi connectivity index (χ3n) is 2.54. The molecular weight excluding hydrogens is 307 g/mol. The van der Waals surface area contributed by atoms with Crippen molar-refractivity contribution in [1.82, 2.24) is 5.32 Å². The minimum absolute atomic E-state index is 0.0495. The van der Waals surface area contributed by atoms with E-state index in [0.717, 1.165) is 0 Å². The van der Waals surface area contributed by atoms with Crippen molar-refractivity contribution in [3.8, 4) is 5.75 Å². The van der Waals surface area contributed by atoms with Crippen LogP contribution in [0.5, 0.6) is 5.75 Å². The first kappa shape index (κ1) is 17.4. The SMILES string of the molecule is COc1ccc(/C(N)=N/O)cc1CNCCSC(F)(F)F. The van der Waals surface area contributed by atoms with Crippen molar-refractivity contribution in [2.75, 3.05) is 19.4 Å². The van der Waals surface area contributed by atoms with Crippen molar-refractivity contribution in [3.63, 3.8) is 0 Å². The van der Waals surface area contributed by atoms with E-state index in [1.807, 2.05) is 0 Å². The number of rotatable bonds is 7. The molecule has 0 atom stereocenters. The van der Waals surface area contributed by atoms with Gasteiger partial charge in [-0.1, -0.05) is 5.16 Å². The predicted molar refractivity (Wildman–Crippen MR) is 75.7 cm³/mol. The van der Waals surface area contributed by atoms with E-state index in [-0.39, 0.29) is 29.9 Å². The second kappa shape index (κ2) is 7.99. The Kier molecular flexibility index (Phi) is 6.63. The minimum atomic E-state index is -4.22. The summed E-state index contributed by atoms with van der Waals surface area (Å²) in [6.07, 6.45) is 0. The average molecular weight is 323 g/mol. The number of hydrogen-bond acceptors (Lipinski definition) is 5. The molecule has 9 heteroatoms. The number of hydrogen-bond donors (Lipinski definition) is 3. The van der Waals surface area contributed by atoms with Gasteiger partial charge in [-0.2, -0.15) is 13.2 Å². The summed E-state index contributed by atoms with van der Waals surface area (Å²) in [5.74, 6) is 0.443. The van der Waals surface area contributed by atoms with Crippen molar-refractivity contribution >= 4 is 17.6 Å². The fourth-order valence-electron chi connectivity index (χ4n) is 1.60. The normalized spacial score (nSPS) is 12.5. The summed E-state index contributed by atoms with van der Waals surface area (Å²) in [5, 5.41) is 14.4. The van der Waals surface area contributed by atoms with Crippen LogP contribution in [-0.2, 0) is 6.54 Å². The van der Waals surface area contributed by atoms with E-state index < -0.39 is 5.51 Å². The van der Waals surface area contributed by atoms with Crippen LogP contribution in [0, 0.1) is 0 Å². The van der Waals surface area contributed by atoms with E-state index in [1.165, 1.54) is 7.11 Å². The molecule has 0 saturated carbocycles. The molecule has 0 bridgehead atoms. The second-order valence-corrected chi connectivity index (χ2v) is 5.14. The minimum Gasteiger partial charge on any atom is -0.496 e. The van der Waals surface area contributed by atoms with Crippen molar-refractivity contribution in [2.24, 2.45) is 10.9 Å². The molecule has 0 aliphatic rings. The molecule has 4 N–H and O–H groups in total. The molecule has 21 heavy (non-hydrogen) atoms. The first-order valence-electron chi connectivity index (χ1n) is 5.93. The van der Waals surface area contributed by atoms with Gasteiger partial charge in [-0.05, 0) is 30.0 Å². The number of halogens is 3. The van der Waals surface area contributed by atoms with Gasteiger partial charge in [0, 0.05) is 30.0 Å². The van der Waals surface area contributed by atoms with Gasteiger partial charge >= 0.3 is 5.51 Å². The second-order valence-electron chi connectivity index (χ2n) is 3.98. The van der Waals surface area contributed by atoms with E-state index in [1.54, 1.807) is 18.2 Å². The highest BCUT2D eigenvalue weighted by Gasteiger charge is 2.27.